The van der Waals surface area contributed by atoms with Gasteiger partial charge in [-0.25, -0.2) is 0 Å². The van der Waals surface area contributed by atoms with E-state index < -0.39 is 0 Å². The third-order valence-electron chi connectivity index (χ3n) is 5.43. The number of fused-ring (bicyclic) bond motifs is 1. The Hall–Kier alpha value is -2.47. The predicted molar refractivity (Wildman–Crippen MR) is 99.5 cm³/mol. The number of amides is 1. The van der Waals surface area contributed by atoms with Gasteiger partial charge in [0, 0.05) is 37.1 Å². The molecule has 1 atom stereocenters. The summed E-state index contributed by atoms with van der Waals surface area (Å²) in [5, 5.41) is 0. The predicted octanol–water partition coefficient (Wildman–Crippen LogP) is 2.65. The number of nitrogens with two attached hydrogens (primary N) is 1. The van der Waals surface area contributed by atoms with Crippen LogP contribution in [0.5, 0.6) is 11.5 Å². The van der Waals surface area contributed by atoms with Gasteiger partial charge >= 0.3 is 0 Å². The third kappa shape index (κ3) is 2.94. The number of benzene rings is 1. The second-order valence-electron chi connectivity index (χ2n) is 7.75. The van der Waals surface area contributed by atoms with Crippen LogP contribution in [0.1, 0.15) is 30.6 Å². The Bertz CT molecular complexity index is 827. The summed E-state index contributed by atoms with van der Waals surface area (Å²) in [5.74, 6) is 1.50. The fourth-order valence-electron chi connectivity index (χ4n) is 3.71. The van der Waals surface area contributed by atoms with E-state index in [1.807, 2.05) is 29.3 Å². The first-order valence-corrected chi connectivity index (χ1v) is 9.07. The first kappa shape index (κ1) is 17.0. The van der Waals surface area contributed by atoms with Crippen LogP contribution >= 0.6 is 0 Å². The highest BCUT2D eigenvalue weighted by Gasteiger charge is 2.36. The van der Waals surface area contributed by atoms with Gasteiger partial charge in [0.15, 0.2) is 11.5 Å². The van der Waals surface area contributed by atoms with Crippen molar-refractivity contribution >= 4 is 5.91 Å². The van der Waals surface area contributed by atoms with Crippen LogP contribution in [0.4, 0.5) is 0 Å². The Morgan fingerprint density at radius 1 is 1.23 bits per heavy atom. The molecule has 138 valence electrons. The van der Waals surface area contributed by atoms with Crippen LogP contribution in [-0.2, 0) is 0 Å². The van der Waals surface area contributed by atoms with Crippen molar-refractivity contribution in [1.29, 1.82) is 0 Å². The lowest BCUT2D eigenvalue weighted by atomic mass is 9.79. The standard InChI is InChI=1S/C20H25N3O3/c1-20(2)12-23(6-5-18(20)21)19(24)15-11-22-10-14(15)13-3-4-16-17(9-13)26-8-7-25-16/h3-4,9-11,18,22H,5-8,12,21H2,1-2H3. The highest BCUT2D eigenvalue weighted by atomic mass is 16.6. The quantitative estimate of drug-likeness (QED) is 0.868. The molecule has 1 amide bonds. The fraction of sp³-hybridized carbons (Fsp3) is 0.450. The second-order valence-corrected chi connectivity index (χ2v) is 7.75. The summed E-state index contributed by atoms with van der Waals surface area (Å²) in [6, 6.07) is 5.91. The second kappa shape index (κ2) is 6.36. The SMILES string of the molecule is CC1(C)CN(C(=O)c2c[nH]cc2-c2ccc3c(c2)OCCO3)CCC1N. The number of carbonyl (C=O) groups excluding carboxylic acids is 1. The van der Waals surface area contributed by atoms with E-state index in [9.17, 15) is 4.79 Å². The molecule has 1 unspecified atom stereocenters. The van der Waals surface area contributed by atoms with Gasteiger partial charge in [-0.05, 0) is 29.5 Å². The topological polar surface area (TPSA) is 80.6 Å². The van der Waals surface area contributed by atoms with Crippen LogP contribution in [0.15, 0.2) is 30.6 Å². The number of nitrogens with one attached hydrogen (secondary N) is 1. The minimum atomic E-state index is -0.0820. The van der Waals surface area contributed by atoms with Crippen molar-refractivity contribution < 1.29 is 14.3 Å². The highest BCUT2D eigenvalue weighted by molar-refractivity contribution is 6.01. The van der Waals surface area contributed by atoms with Crippen molar-refractivity contribution in [3.05, 3.63) is 36.2 Å². The molecule has 6 nitrogen and oxygen atoms in total. The van der Waals surface area contributed by atoms with E-state index in [0.29, 0.717) is 31.9 Å². The van der Waals surface area contributed by atoms with Crippen molar-refractivity contribution in [3.8, 4) is 22.6 Å². The van der Waals surface area contributed by atoms with Crippen LogP contribution in [0.3, 0.4) is 0 Å². The Kier molecular flexibility index (Phi) is 4.15. The van der Waals surface area contributed by atoms with Crippen LogP contribution in [0.25, 0.3) is 11.1 Å². The number of hydrogen-bond donors (Lipinski definition) is 2. The zero-order chi connectivity index (χ0) is 18.3. The van der Waals surface area contributed by atoms with E-state index in [1.54, 1.807) is 6.20 Å². The summed E-state index contributed by atoms with van der Waals surface area (Å²) in [4.78, 5) is 18.1. The number of hydrogen-bond acceptors (Lipinski definition) is 4. The van der Waals surface area contributed by atoms with Gasteiger partial charge in [-0.1, -0.05) is 19.9 Å². The smallest absolute Gasteiger partial charge is 0.256 e. The van der Waals surface area contributed by atoms with Gasteiger partial charge in [0.25, 0.3) is 5.91 Å². The van der Waals surface area contributed by atoms with Gasteiger partial charge in [0.05, 0.1) is 5.56 Å². The van der Waals surface area contributed by atoms with E-state index in [0.717, 1.165) is 29.0 Å². The molecular weight excluding hydrogens is 330 g/mol. The zero-order valence-electron chi connectivity index (χ0n) is 15.2. The molecule has 3 heterocycles. The van der Waals surface area contributed by atoms with Crippen molar-refractivity contribution in [1.82, 2.24) is 9.88 Å². The molecule has 2 aliphatic rings. The number of piperidine rings is 1. The Balaban J connectivity index is 1.62. The number of aromatic nitrogens is 1. The molecule has 1 aromatic carbocycles. The summed E-state index contributed by atoms with van der Waals surface area (Å²) in [6.45, 7) is 6.70. The monoisotopic (exact) mass is 355 g/mol. The number of ether oxygens (including phenoxy) is 2. The first-order chi connectivity index (χ1) is 12.5. The Labute approximate surface area is 153 Å². The van der Waals surface area contributed by atoms with Gasteiger partial charge in [-0.2, -0.15) is 0 Å². The Morgan fingerprint density at radius 3 is 2.77 bits per heavy atom. The van der Waals surface area contributed by atoms with E-state index in [1.165, 1.54) is 0 Å². The molecule has 1 aromatic heterocycles. The van der Waals surface area contributed by atoms with E-state index in [2.05, 4.69) is 18.8 Å². The minimum absolute atomic E-state index is 0.0381. The van der Waals surface area contributed by atoms with Crippen LogP contribution < -0.4 is 15.2 Å². The molecule has 0 aliphatic carbocycles. The number of likely N-dealkylation sites (tertiary alicyclic amines) is 1. The molecule has 2 aliphatic heterocycles. The summed E-state index contributed by atoms with van der Waals surface area (Å²) in [6.07, 6.45) is 4.46. The largest absolute Gasteiger partial charge is 0.486 e. The summed E-state index contributed by atoms with van der Waals surface area (Å²) in [7, 11) is 0. The lowest BCUT2D eigenvalue weighted by Crippen LogP contribution is -2.54. The van der Waals surface area contributed by atoms with E-state index >= 15 is 0 Å². The van der Waals surface area contributed by atoms with E-state index in [-0.39, 0.29) is 17.4 Å². The maximum atomic E-state index is 13.1. The number of rotatable bonds is 2. The van der Waals surface area contributed by atoms with Gasteiger partial charge < -0.3 is 25.1 Å². The molecular formula is C20H25N3O3. The fourth-order valence-corrected chi connectivity index (χ4v) is 3.71. The maximum absolute atomic E-state index is 13.1. The van der Waals surface area contributed by atoms with Gasteiger partial charge in [0.2, 0.25) is 0 Å². The molecule has 0 radical (unpaired) electrons. The lowest BCUT2D eigenvalue weighted by Gasteiger charge is -2.42. The number of carbonyl (C=O) groups is 1. The third-order valence-corrected chi connectivity index (χ3v) is 5.43. The maximum Gasteiger partial charge on any atom is 0.256 e. The molecule has 1 fully saturated rings. The molecule has 0 saturated carbocycles. The lowest BCUT2D eigenvalue weighted by molar-refractivity contribution is 0.0534. The highest BCUT2D eigenvalue weighted by Crippen LogP contribution is 2.36. The average Bonchev–Trinajstić information content (AvgIpc) is 3.12. The molecule has 6 heteroatoms. The molecule has 4 rings (SSSR count). The number of H-pyrrole nitrogens is 1. The molecule has 26 heavy (non-hydrogen) atoms. The molecule has 1 saturated heterocycles. The Morgan fingerprint density at radius 2 is 2.00 bits per heavy atom. The molecule has 2 aromatic rings. The summed E-state index contributed by atoms with van der Waals surface area (Å²) < 4.78 is 11.3. The zero-order valence-corrected chi connectivity index (χ0v) is 15.2. The van der Waals surface area contributed by atoms with Crippen molar-refractivity contribution in [2.45, 2.75) is 26.3 Å². The molecule has 0 bridgehead atoms. The van der Waals surface area contributed by atoms with Crippen LogP contribution in [0, 0.1) is 5.41 Å². The summed E-state index contributed by atoms with van der Waals surface area (Å²) >= 11 is 0. The minimum Gasteiger partial charge on any atom is -0.486 e. The summed E-state index contributed by atoms with van der Waals surface area (Å²) in [5.41, 5.74) is 8.61. The molecule has 3 N–H and O–H groups in total. The van der Waals surface area contributed by atoms with Crippen LogP contribution in [-0.4, -0.2) is 48.1 Å². The van der Waals surface area contributed by atoms with Crippen molar-refractivity contribution in [2.75, 3.05) is 26.3 Å². The van der Waals surface area contributed by atoms with Gasteiger partial charge in [-0.3, -0.25) is 4.79 Å². The average molecular weight is 355 g/mol. The van der Waals surface area contributed by atoms with Gasteiger partial charge in [0.1, 0.15) is 13.2 Å². The number of aromatic amines is 1. The van der Waals surface area contributed by atoms with Crippen molar-refractivity contribution in [2.24, 2.45) is 11.1 Å². The van der Waals surface area contributed by atoms with Crippen molar-refractivity contribution in [3.63, 3.8) is 0 Å². The number of nitrogens with zero attached hydrogens (tertiary/aromatic N) is 1. The van der Waals surface area contributed by atoms with Crippen LogP contribution in [0.2, 0.25) is 0 Å². The van der Waals surface area contributed by atoms with Gasteiger partial charge in [-0.15, -0.1) is 0 Å². The molecule has 0 spiro atoms. The normalized spacial score (nSPS) is 21.5. The van der Waals surface area contributed by atoms with E-state index in [4.69, 9.17) is 15.2 Å². The first-order valence-electron chi connectivity index (χ1n) is 9.07.